The topological polar surface area (TPSA) is 42.9 Å². The molecule has 3 aliphatic heterocycles. The Hall–Kier alpha value is -1.66. The van der Waals surface area contributed by atoms with Crippen molar-refractivity contribution in [2.45, 2.75) is 64.1 Å². The molecule has 6 nitrogen and oxygen atoms in total. The van der Waals surface area contributed by atoms with Crippen LogP contribution in [0.2, 0.25) is 0 Å². The number of carbonyl (C=O) groups is 1. The molecule has 1 aromatic heterocycles. The molecule has 0 aromatic carbocycles. The fourth-order valence-corrected chi connectivity index (χ4v) is 5.41. The number of nitrogens with zero attached hydrogens (tertiary/aromatic N) is 5. The van der Waals surface area contributed by atoms with Crippen LogP contribution in [0.3, 0.4) is 0 Å². The fraction of sp³-hybridized carbons (Fsp3) is 0.739. The predicted octanol–water partition coefficient (Wildman–Crippen LogP) is 2.13. The maximum Gasteiger partial charge on any atom is 0.236 e. The molecule has 1 aliphatic carbocycles. The second kappa shape index (κ2) is 8.23. The van der Waals surface area contributed by atoms with Crippen molar-refractivity contribution >= 4 is 11.7 Å². The van der Waals surface area contributed by atoms with Crippen molar-refractivity contribution in [1.29, 1.82) is 0 Å². The highest BCUT2D eigenvalue weighted by Gasteiger charge is 2.30. The SMILES string of the molecule is CC1CCCN1c1ccc2c(n1)CCN(CC(=O)N1CCN(C3CCC3)CC1)C2. The first-order chi connectivity index (χ1) is 14.2. The van der Waals surface area contributed by atoms with Gasteiger partial charge in [-0.25, -0.2) is 4.98 Å². The highest BCUT2D eigenvalue weighted by molar-refractivity contribution is 5.78. The van der Waals surface area contributed by atoms with Crippen LogP contribution in [0.4, 0.5) is 5.82 Å². The Morgan fingerprint density at radius 2 is 1.86 bits per heavy atom. The van der Waals surface area contributed by atoms with Crippen LogP contribution in [-0.2, 0) is 17.8 Å². The first-order valence-corrected chi connectivity index (χ1v) is 11.7. The normalized spacial score (nSPS) is 26.4. The lowest BCUT2D eigenvalue weighted by molar-refractivity contribution is -0.135. The molecule has 1 amide bonds. The maximum atomic E-state index is 12.8. The molecule has 1 unspecified atom stereocenters. The van der Waals surface area contributed by atoms with Gasteiger partial charge in [-0.3, -0.25) is 14.6 Å². The van der Waals surface area contributed by atoms with Gasteiger partial charge < -0.3 is 9.80 Å². The number of rotatable bonds is 4. The summed E-state index contributed by atoms with van der Waals surface area (Å²) < 4.78 is 0. The second-order valence-electron chi connectivity index (χ2n) is 9.42. The quantitative estimate of drug-likeness (QED) is 0.779. The summed E-state index contributed by atoms with van der Waals surface area (Å²) >= 11 is 0. The molecular weight excluding hydrogens is 362 g/mol. The molecule has 1 aromatic rings. The molecule has 158 valence electrons. The van der Waals surface area contributed by atoms with Crippen molar-refractivity contribution in [1.82, 2.24) is 19.7 Å². The molecule has 3 fully saturated rings. The lowest BCUT2D eigenvalue weighted by Gasteiger charge is -2.43. The Labute approximate surface area is 174 Å². The highest BCUT2D eigenvalue weighted by atomic mass is 16.2. The van der Waals surface area contributed by atoms with Crippen LogP contribution in [-0.4, -0.2) is 83.5 Å². The second-order valence-corrected chi connectivity index (χ2v) is 9.42. The monoisotopic (exact) mass is 397 g/mol. The van der Waals surface area contributed by atoms with Crippen molar-refractivity contribution in [3.05, 3.63) is 23.4 Å². The Morgan fingerprint density at radius 1 is 1.03 bits per heavy atom. The van der Waals surface area contributed by atoms with Crippen molar-refractivity contribution < 1.29 is 4.79 Å². The molecule has 0 N–H and O–H groups in total. The van der Waals surface area contributed by atoms with Gasteiger partial charge in [0.05, 0.1) is 6.54 Å². The third-order valence-electron chi connectivity index (χ3n) is 7.58. The number of piperazine rings is 1. The number of hydrogen-bond donors (Lipinski definition) is 0. The number of aromatic nitrogens is 1. The van der Waals surface area contributed by atoms with E-state index in [-0.39, 0.29) is 0 Å². The van der Waals surface area contributed by atoms with Gasteiger partial charge in [0.15, 0.2) is 0 Å². The molecule has 1 atom stereocenters. The van der Waals surface area contributed by atoms with E-state index < -0.39 is 0 Å². The minimum absolute atomic E-state index is 0.303. The van der Waals surface area contributed by atoms with E-state index in [9.17, 15) is 4.79 Å². The average Bonchev–Trinajstić information content (AvgIpc) is 3.13. The summed E-state index contributed by atoms with van der Waals surface area (Å²) in [7, 11) is 0. The van der Waals surface area contributed by atoms with Gasteiger partial charge in [-0.05, 0) is 44.2 Å². The van der Waals surface area contributed by atoms with Gasteiger partial charge in [-0.1, -0.05) is 12.5 Å². The predicted molar refractivity (Wildman–Crippen MR) is 115 cm³/mol. The number of amides is 1. The summed E-state index contributed by atoms with van der Waals surface area (Å²) in [5, 5.41) is 0. The molecule has 1 saturated carbocycles. The number of pyridine rings is 1. The van der Waals surface area contributed by atoms with Crippen LogP contribution in [0.5, 0.6) is 0 Å². The summed E-state index contributed by atoms with van der Waals surface area (Å²) in [4.78, 5) is 27.3. The number of hydrogen-bond acceptors (Lipinski definition) is 5. The third kappa shape index (κ3) is 4.02. The maximum absolute atomic E-state index is 12.8. The largest absolute Gasteiger partial charge is 0.354 e. The molecule has 29 heavy (non-hydrogen) atoms. The third-order valence-corrected chi connectivity index (χ3v) is 7.58. The van der Waals surface area contributed by atoms with Gasteiger partial charge in [0.2, 0.25) is 5.91 Å². The summed E-state index contributed by atoms with van der Waals surface area (Å²) in [6.45, 7) is 9.68. The van der Waals surface area contributed by atoms with Gasteiger partial charge in [0.25, 0.3) is 0 Å². The van der Waals surface area contributed by atoms with Crippen LogP contribution in [0, 0.1) is 0 Å². The van der Waals surface area contributed by atoms with E-state index in [0.29, 0.717) is 18.5 Å². The molecule has 0 bridgehead atoms. The van der Waals surface area contributed by atoms with Gasteiger partial charge in [-0.2, -0.15) is 0 Å². The zero-order valence-corrected chi connectivity index (χ0v) is 17.9. The van der Waals surface area contributed by atoms with E-state index in [0.717, 1.165) is 64.1 Å². The zero-order chi connectivity index (χ0) is 19.8. The first kappa shape index (κ1) is 19.3. The van der Waals surface area contributed by atoms with Crippen LogP contribution in [0.15, 0.2) is 12.1 Å². The minimum atomic E-state index is 0.303. The molecular formula is C23H35N5O. The van der Waals surface area contributed by atoms with Gasteiger partial charge in [0.1, 0.15) is 5.82 Å². The molecule has 4 aliphatic rings. The first-order valence-electron chi connectivity index (χ1n) is 11.7. The summed E-state index contributed by atoms with van der Waals surface area (Å²) in [6, 6.07) is 5.83. The van der Waals surface area contributed by atoms with Crippen molar-refractivity contribution in [2.75, 3.05) is 50.7 Å². The lowest BCUT2D eigenvalue weighted by Crippen LogP contribution is -2.55. The van der Waals surface area contributed by atoms with E-state index in [1.165, 1.54) is 43.4 Å². The van der Waals surface area contributed by atoms with Crippen molar-refractivity contribution in [2.24, 2.45) is 0 Å². The molecule has 2 saturated heterocycles. The Morgan fingerprint density at radius 3 is 2.55 bits per heavy atom. The van der Waals surface area contributed by atoms with E-state index in [1.807, 2.05) is 0 Å². The molecule has 0 radical (unpaired) electrons. The minimum Gasteiger partial charge on any atom is -0.354 e. The Kier molecular flexibility index (Phi) is 5.48. The van der Waals surface area contributed by atoms with Crippen LogP contribution in [0.1, 0.15) is 50.3 Å². The van der Waals surface area contributed by atoms with Crippen molar-refractivity contribution in [3.63, 3.8) is 0 Å². The van der Waals surface area contributed by atoms with E-state index in [2.05, 4.69) is 38.7 Å². The van der Waals surface area contributed by atoms with Crippen LogP contribution < -0.4 is 4.90 Å². The van der Waals surface area contributed by atoms with Crippen LogP contribution in [0.25, 0.3) is 0 Å². The van der Waals surface area contributed by atoms with Crippen molar-refractivity contribution in [3.8, 4) is 0 Å². The average molecular weight is 398 g/mol. The Balaban J connectivity index is 1.14. The smallest absolute Gasteiger partial charge is 0.236 e. The number of fused-ring (bicyclic) bond motifs is 1. The number of carbonyl (C=O) groups excluding carboxylic acids is 1. The standard InChI is InChI=1S/C23H35N5O/c1-18-4-3-10-28(18)22-8-7-19-16-25(11-9-21(19)24-22)17-23(29)27-14-12-26(13-15-27)20-5-2-6-20/h7-8,18,20H,2-6,9-17H2,1H3. The molecule has 5 rings (SSSR count). The molecule has 4 heterocycles. The summed E-state index contributed by atoms with van der Waals surface area (Å²) in [5.41, 5.74) is 2.54. The van der Waals surface area contributed by atoms with E-state index >= 15 is 0 Å². The number of anilines is 1. The van der Waals surface area contributed by atoms with E-state index in [1.54, 1.807) is 0 Å². The molecule has 0 spiro atoms. The lowest BCUT2D eigenvalue weighted by atomic mass is 9.91. The Bertz CT molecular complexity index is 741. The van der Waals surface area contributed by atoms with Gasteiger partial charge in [-0.15, -0.1) is 0 Å². The molecule has 6 heteroatoms. The van der Waals surface area contributed by atoms with E-state index in [4.69, 9.17) is 4.98 Å². The van der Waals surface area contributed by atoms with Gasteiger partial charge in [0, 0.05) is 70.0 Å². The summed E-state index contributed by atoms with van der Waals surface area (Å²) in [6.07, 6.45) is 7.58. The van der Waals surface area contributed by atoms with Crippen LogP contribution >= 0.6 is 0 Å². The summed E-state index contributed by atoms with van der Waals surface area (Å²) in [5.74, 6) is 1.44. The van der Waals surface area contributed by atoms with Gasteiger partial charge >= 0.3 is 0 Å². The highest BCUT2D eigenvalue weighted by Crippen LogP contribution is 2.27. The zero-order valence-electron chi connectivity index (χ0n) is 17.9. The fourth-order valence-electron chi connectivity index (χ4n) is 5.41.